The molecule has 0 radical (unpaired) electrons. The number of aromatic nitrogens is 3. The van der Waals surface area contributed by atoms with Crippen molar-refractivity contribution in [3.8, 4) is 0 Å². The molecule has 1 saturated heterocycles. The van der Waals surface area contributed by atoms with E-state index < -0.39 is 0 Å². The van der Waals surface area contributed by atoms with Gasteiger partial charge in [-0.1, -0.05) is 6.92 Å². The van der Waals surface area contributed by atoms with Crippen molar-refractivity contribution in [2.24, 2.45) is 5.92 Å². The van der Waals surface area contributed by atoms with Crippen molar-refractivity contribution in [3.05, 3.63) is 6.20 Å². The Balaban J connectivity index is 1.72. The molecule has 1 atom stereocenters. The third-order valence-corrected chi connectivity index (χ3v) is 3.44. The highest BCUT2D eigenvalue weighted by atomic mass is 15.3. The number of piperidine rings is 1. The highest BCUT2D eigenvalue weighted by Gasteiger charge is 2.23. The van der Waals surface area contributed by atoms with Gasteiger partial charge < -0.3 is 10.2 Å². The number of hydrogen-bond donors (Lipinski definition) is 1. The second-order valence-electron chi connectivity index (χ2n) is 5.25. The number of nitrogens with one attached hydrogen (secondary N) is 1. The van der Waals surface area contributed by atoms with Crippen molar-refractivity contribution >= 4 is 11.8 Å². The first-order valence-corrected chi connectivity index (χ1v) is 6.52. The third kappa shape index (κ3) is 2.65. The highest BCUT2D eigenvalue weighted by molar-refractivity contribution is 5.41. The van der Waals surface area contributed by atoms with Gasteiger partial charge in [0.05, 0.1) is 6.20 Å². The molecule has 92 valence electrons. The maximum Gasteiger partial charge on any atom is 0.244 e. The Hall–Kier alpha value is -1.39. The van der Waals surface area contributed by atoms with Gasteiger partial charge in [0.2, 0.25) is 5.95 Å². The average molecular weight is 233 g/mol. The van der Waals surface area contributed by atoms with E-state index in [0.29, 0.717) is 12.0 Å². The molecule has 0 bridgehead atoms. The van der Waals surface area contributed by atoms with E-state index in [1.54, 1.807) is 6.20 Å². The van der Waals surface area contributed by atoms with E-state index >= 15 is 0 Å². The van der Waals surface area contributed by atoms with Crippen LogP contribution < -0.4 is 10.2 Å². The van der Waals surface area contributed by atoms with Gasteiger partial charge in [0.15, 0.2) is 5.82 Å². The lowest BCUT2D eigenvalue weighted by Gasteiger charge is -2.31. The van der Waals surface area contributed by atoms with E-state index in [0.717, 1.165) is 24.8 Å². The number of nitrogens with zero attached hydrogens (tertiary/aromatic N) is 4. The fourth-order valence-electron chi connectivity index (χ4n) is 2.32. The van der Waals surface area contributed by atoms with Crippen molar-refractivity contribution in [1.29, 1.82) is 0 Å². The number of anilines is 2. The first-order chi connectivity index (χ1) is 8.31. The lowest BCUT2D eigenvalue weighted by atomic mass is 10.0. The molecule has 2 heterocycles. The van der Waals surface area contributed by atoms with Crippen LogP contribution in [-0.4, -0.2) is 34.3 Å². The zero-order chi connectivity index (χ0) is 11.7. The van der Waals surface area contributed by atoms with Crippen LogP contribution in [0.2, 0.25) is 0 Å². The SMILES string of the molecule is CC1CCCN(c2cnnc(NC3CC3)n2)C1. The fourth-order valence-corrected chi connectivity index (χ4v) is 2.32. The van der Waals surface area contributed by atoms with E-state index in [4.69, 9.17) is 0 Å². The molecule has 5 nitrogen and oxygen atoms in total. The molecule has 0 spiro atoms. The van der Waals surface area contributed by atoms with Gasteiger partial charge in [-0.3, -0.25) is 0 Å². The maximum atomic E-state index is 4.55. The Morgan fingerprint density at radius 1 is 1.35 bits per heavy atom. The molecule has 1 N–H and O–H groups in total. The summed E-state index contributed by atoms with van der Waals surface area (Å²) in [4.78, 5) is 6.87. The minimum Gasteiger partial charge on any atom is -0.355 e. The van der Waals surface area contributed by atoms with E-state index in [2.05, 4.69) is 32.3 Å². The molecule has 1 aliphatic heterocycles. The molecule has 1 saturated carbocycles. The molecule has 2 fully saturated rings. The van der Waals surface area contributed by atoms with Crippen molar-refractivity contribution in [2.45, 2.75) is 38.6 Å². The molecule has 1 aromatic rings. The second kappa shape index (κ2) is 4.47. The molecular formula is C12H19N5. The molecule has 17 heavy (non-hydrogen) atoms. The van der Waals surface area contributed by atoms with E-state index in [9.17, 15) is 0 Å². The minimum atomic E-state index is 0.576. The first kappa shape index (κ1) is 10.7. The minimum absolute atomic E-state index is 0.576. The molecule has 1 unspecified atom stereocenters. The van der Waals surface area contributed by atoms with Crippen molar-refractivity contribution in [2.75, 3.05) is 23.3 Å². The predicted molar refractivity (Wildman–Crippen MR) is 67.1 cm³/mol. The van der Waals surface area contributed by atoms with Crippen molar-refractivity contribution < 1.29 is 0 Å². The topological polar surface area (TPSA) is 53.9 Å². The van der Waals surface area contributed by atoms with Gasteiger partial charge in [0.25, 0.3) is 0 Å². The summed E-state index contributed by atoms with van der Waals surface area (Å²) in [6.07, 6.45) is 6.80. The van der Waals surface area contributed by atoms with Crippen LogP contribution in [0.3, 0.4) is 0 Å². The molecule has 2 aliphatic rings. The molecule has 5 heteroatoms. The summed E-state index contributed by atoms with van der Waals surface area (Å²) in [5.74, 6) is 2.40. The number of rotatable bonds is 3. The second-order valence-corrected chi connectivity index (χ2v) is 5.25. The van der Waals surface area contributed by atoms with Crippen molar-refractivity contribution in [1.82, 2.24) is 15.2 Å². The van der Waals surface area contributed by atoms with Gasteiger partial charge in [-0.15, -0.1) is 5.10 Å². The largest absolute Gasteiger partial charge is 0.355 e. The Bertz CT molecular complexity index is 390. The van der Waals surface area contributed by atoms with Crippen molar-refractivity contribution in [3.63, 3.8) is 0 Å². The van der Waals surface area contributed by atoms with Crippen LogP contribution in [0, 0.1) is 5.92 Å². The smallest absolute Gasteiger partial charge is 0.244 e. The summed E-state index contributed by atoms with van der Waals surface area (Å²) in [5.41, 5.74) is 0. The molecule has 0 aromatic carbocycles. The molecule has 1 aromatic heterocycles. The Morgan fingerprint density at radius 3 is 3.00 bits per heavy atom. The lowest BCUT2D eigenvalue weighted by molar-refractivity contribution is 0.444. The van der Waals surface area contributed by atoms with E-state index in [1.165, 1.54) is 25.7 Å². The van der Waals surface area contributed by atoms with Crippen LogP contribution >= 0.6 is 0 Å². The van der Waals surface area contributed by atoms with Gasteiger partial charge in [-0.2, -0.15) is 10.1 Å². The summed E-state index contributed by atoms with van der Waals surface area (Å²) < 4.78 is 0. The van der Waals surface area contributed by atoms with Gasteiger partial charge in [-0.05, 0) is 31.6 Å². The van der Waals surface area contributed by atoms with E-state index in [1.807, 2.05) is 0 Å². The lowest BCUT2D eigenvalue weighted by Crippen LogP contribution is -2.35. The zero-order valence-electron chi connectivity index (χ0n) is 10.3. The fraction of sp³-hybridized carbons (Fsp3) is 0.750. The number of hydrogen-bond acceptors (Lipinski definition) is 5. The molecule has 3 rings (SSSR count). The highest BCUT2D eigenvalue weighted by Crippen LogP contribution is 2.24. The van der Waals surface area contributed by atoms with Crippen LogP contribution in [0.25, 0.3) is 0 Å². The summed E-state index contributed by atoms with van der Waals surface area (Å²) >= 11 is 0. The molecule has 1 aliphatic carbocycles. The quantitative estimate of drug-likeness (QED) is 0.861. The Kier molecular flexibility index (Phi) is 2.82. The standard InChI is InChI=1S/C12H19N5/c1-9-3-2-6-17(8-9)11-7-13-16-12(15-11)14-10-4-5-10/h7,9-10H,2-6,8H2,1H3,(H,14,15,16). The molecular weight excluding hydrogens is 214 g/mol. The normalized spacial score (nSPS) is 24.8. The van der Waals surface area contributed by atoms with Crippen LogP contribution in [0.4, 0.5) is 11.8 Å². The summed E-state index contributed by atoms with van der Waals surface area (Å²) in [6.45, 7) is 4.47. The summed E-state index contributed by atoms with van der Waals surface area (Å²) in [5, 5.41) is 11.4. The van der Waals surface area contributed by atoms with Crippen LogP contribution in [0.15, 0.2) is 6.20 Å². The summed E-state index contributed by atoms with van der Waals surface area (Å²) in [6, 6.07) is 0.576. The van der Waals surface area contributed by atoms with Gasteiger partial charge in [-0.25, -0.2) is 0 Å². The monoisotopic (exact) mass is 233 g/mol. The average Bonchev–Trinajstić information content (AvgIpc) is 3.13. The zero-order valence-corrected chi connectivity index (χ0v) is 10.3. The maximum absolute atomic E-state index is 4.55. The van der Waals surface area contributed by atoms with Gasteiger partial charge in [0, 0.05) is 19.1 Å². The third-order valence-electron chi connectivity index (χ3n) is 3.44. The first-order valence-electron chi connectivity index (χ1n) is 6.52. The van der Waals surface area contributed by atoms with Gasteiger partial charge >= 0.3 is 0 Å². The van der Waals surface area contributed by atoms with E-state index in [-0.39, 0.29) is 0 Å². The van der Waals surface area contributed by atoms with Crippen LogP contribution in [0.1, 0.15) is 32.6 Å². The Morgan fingerprint density at radius 2 is 2.24 bits per heavy atom. The Labute approximate surface area is 102 Å². The summed E-state index contributed by atoms with van der Waals surface area (Å²) in [7, 11) is 0. The van der Waals surface area contributed by atoms with Gasteiger partial charge in [0.1, 0.15) is 0 Å². The van der Waals surface area contributed by atoms with Crippen LogP contribution in [0.5, 0.6) is 0 Å². The van der Waals surface area contributed by atoms with Crippen LogP contribution in [-0.2, 0) is 0 Å². The predicted octanol–water partition coefficient (Wildman–Crippen LogP) is 1.68. The molecule has 0 amide bonds.